The number of esters is 1. The van der Waals surface area contributed by atoms with Crippen molar-refractivity contribution in [1.29, 1.82) is 0 Å². The molecule has 2 aromatic carbocycles. The summed E-state index contributed by atoms with van der Waals surface area (Å²) in [7, 11) is 0. The number of phenols is 2. The van der Waals surface area contributed by atoms with E-state index >= 15 is 0 Å². The van der Waals surface area contributed by atoms with Crippen LogP contribution in [0.3, 0.4) is 0 Å². The summed E-state index contributed by atoms with van der Waals surface area (Å²) in [6.45, 7) is 5.54. The molecule has 0 atom stereocenters. The molecule has 0 spiro atoms. The molecular weight excluding hydrogens is 410 g/mol. The molecule has 0 heterocycles. The Morgan fingerprint density at radius 3 is 2.56 bits per heavy atom. The Kier molecular flexibility index (Phi) is 5.85. The molecule has 0 aliphatic rings. The quantitative estimate of drug-likeness (QED) is 0.467. The fourth-order valence-corrected chi connectivity index (χ4v) is 2.97. The van der Waals surface area contributed by atoms with Crippen LogP contribution in [0.25, 0.3) is 0 Å². The lowest BCUT2D eigenvalue weighted by Crippen LogP contribution is -2.24. The van der Waals surface area contributed by atoms with Gasteiger partial charge >= 0.3 is 5.97 Å². The van der Waals surface area contributed by atoms with Gasteiger partial charge in [-0.15, -0.1) is 0 Å². The molecule has 3 N–H and O–H groups in total. The van der Waals surface area contributed by atoms with Crippen LogP contribution in [0.5, 0.6) is 11.5 Å². The zero-order chi connectivity index (χ0) is 18.8. The summed E-state index contributed by atoms with van der Waals surface area (Å²) in [5.74, 6) is -0.779. The minimum absolute atomic E-state index is 0.0106. The van der Waals surface area contributed by atoms with E-state index in [-0.39, 0.29) is 28.6 Å². The van der Waals surface area contributed by atoms with Crippen molar-refractivity contribution in [2.75, 3.05) is 5.32 Å². The summed E-state index contributed by atoms with van der Waals surface area (Å²) in [4.78, 5) is 12.2. The zero-order valence-electron chi connectivity index (χ0n) is 14.1. The van der Waals surface area contributed by atoms with Gasteiger partial charge in [0.2, 0.25) is 0 Å². The van der Waals surface area contributed by atoms with Crippen molar-refractivity contribution in [1.82, 2.24) is 0 Å². The minimum atomic E-state index is -0.661. The Morgan fingerprint density at radius 2 is 1.92 bits per heavy atom. The number of benzene rings is 2. The Balaban J connectivity index is 2.19. The molecule has 0 bridgehead atoms. The van der Waals surface area contributed by atoms with Crippen molar-refractivity contribution in [3.05, 3.63) is 51.0 Å². The highest BCUT2D eigenvalue weighted by Crippen LogP contribution is 2.32. The molecule has 0 fully saturated rings. The van der Waals surface area contributed by atoms with Crippen molar-refractivity contribution in [2.24, 2.45) is 0 Å². The molecule has 0 radical (unpaired) electrons. The molecule has 0 aliphatic heterocycles. The standard InChI is InChI=1S/C18H19BrClNO4/c1-18(2,3)25-17(24)13-8-12(4-5-15(13)22)21-9-10-6-11(19)7-14(20)16(10)23/h4-8,21-23H,9H2,1-3H3. The maximum atomic E-state index is 12.2. The van der Waals surface area contributed by atoms with E-state index in [0.717, 1.165) is 4.47 Å². The van der Waals surface area contributed by atoms with Gasteiger partial charge in [-0.25, -0.2) is 4.79 Å². The number of nitrogens with one attached hydrogen (secondary N) is 1. The predicted octanol–water partition coefficient (Wildman–Crippen LogP) is 5.08. The number of phenolic OH excluding ortho intramolecular Hbond substituents is 2. The van der Waals surface area contributed by atoms with Crippen molar-refractivity contribution in [3.63, 3.8) is 0 Å². The average molecular weight is 429 g/mol. The second kappa shape index (κ2) is 7.54. The van der Waals surface area contributed by atoms with Crippen LogP contribution in [-0.2, 0) is 11.3 Å². The van der Waals surface area contributed by atoms with Gasteiger partial charge in [0.05, 0.1) is 5.02 Å². The van der Waals surface area contributed by atoms with E-state index in [1.807, 2.05) is 0 Å². The topological polar surface area (TPSA) is 78.8 Å². The number of rotatable bonds is 4. The summed E-state index contributed by atoms with van der Waals surface area (Å²) >= 11 is 9.27. The van der Waals surface area contributed by atoms with Crippen LogP contribution in [0.4, 0.5) is 5.69 Å². The average Bonchev–Trinajstić information content (AvgIpc) is 2.48. The second-order valence-corrected chi connectivity index (χ2v) is 7.81. The summed E-state index contributed by atoms with van der Waals surface area (Å²) in [6.07, 6.45) is 0. The number of carbonyl (C=O) groups excluding carboxylic acids is 1. The fraction of sp³-hybridized carbons (Fsp3) is 0.278. The van der Waals surface area contributed by atoms with Gasteiger partial charge in [-0.3, -0.25) is 0 Å². The molecule has 7 heteroatoms. The number of halogens is 2. The molecule has 0 saturated carbocycles. The first kappa shape index (κ1) is 19.4. The first-order chi connectivity index (χ1) is 11.6. The van der Waals surface area contributed by atoms with Crippen LogP contribution in [0.1, 0.15) is 36.7 Å². The Hall–Kier alpha value is -1.92. The predicted molar refractivity (Wildman–Crippen MR) is 101 cm³/mol. The maximum Gasteiger partial charge on any atom is 0.342 e. The number of anilines is 1. The normalized spacial score (nSPS) is 11.2. The lowest BCUT2D eigenvalue weighted by atomic mass is 10.1. The largest absolute Gasteiger partial charge is 0.507 e. The molecule has 0 saturated heterocycles. The van der Waals surface area contributed by atoms with Crippen molar-refractivity contribution in [3.8, 4) is 11.5 Å². The summed E-state index contributed by atoms with van der Waals surface area (Å²) in [5, 5.41) is 23.2. The third-order valence-corrected chi connectivity index (χ3v) is 3.95. The zero-order valence-corrected chi connectivity index (χ0v) is 16.4. The van der Waals surface area contributed by atoms with Gasteiger partial charge in [0.25, 0.3) is 0 Å². The van der Waals surface area contributed by atoms with E-state index in [0.29, 0.717) is 11.3 Å². The molecule has 0 aliphatic carbocycles. The van der Waals surface area contributed by atoms with E-state index in [4.69, 9.17) is 16.3 Å². The lowest BCUT2D eigenvalue weighted by Gasteiger charge is -2.20. The van der Waals surface area contributed by atoms with E-state index in [2.05, 4.69) is 21.2 Å². The molecule has 2 rings (SSSR count). The van der Waals surface area contributed by atoms with Crippen LogP contribution >= 0.6 is 27.5 Å². The Bertz CT molecular complexity index is 802. The van der Waals surface area contributed by atoms with Crippen molar-refractivity contribution < 1.29 is 19.7 Å². The first-order valence-electron chi connectivity index (χ1n) is 7.54. The van der Waals surface area contributed by atoms with E-state index in [1.165, 1.54) is 12.1 Å². The lowest BCUT2D eigenvalue weighted by molar-refractivity contribution is 0.00669. The van der Waals surface area contributed by atoms with Crippen molar-refractivity contribution >= 4 is 39.2 Å². The number of hydrogen-bond acceptors (Lipinski definition) is 5. The van der Waals surface area contributed by atoms with Crippen molar-refractivity contribution in [2.45, 2.75) is 32.9 Å². The van der Waals surface area contributed by atoms with Gasteiger partial charge in [0.15, 0.2) is 0 Å². The number of hydrogen-bond donors (Lipinski definition) is 3. The molecule has 134 valence electrons. The summed E-state index contributed by atoms with van der Waals surface area (Å²) < 4.78 is 6.03. The molecule has 0 unspecified atom stereocenters. The van der Waals surface area contributed by atoms with Crippen LogP contribution in [0, 0.1) is 0 Å². The molecule has 25 heavy (non-hydrogen) atoms. The van der Waals surface area contributed by atoms with E-state index in [1.54, 1.807) is 39.0 Å². The Labute approximate surface area is 159 Å². The highest BCUT2D eigenvalue weighted by atomic mass is 79.9. The van der Waals surface area contributed by atoms with E-state index in [9.17, 15) is 15.0 Å². The van der Waals surface area contributed by atoms with Gasteiger partial charge in [-0.05, 0) is 51.1 Å². The van der Waals surface area contributed by atoms with Crippen LogP contribution < -0.4 is 5.32 Å². The van der Waals surface area contributed by atoms with Crippen LogP contribution in [0.2, 0.25) is 5.02 Å². The van der Waals surface area contributed by atoms with Gasteiger partial charge in [-0.2, -0.15) is 0 Å². The number of carbonyl (C=O) groups is 1. The van der Waals surface area contributed by atoms with Crippen LogP contribution in [0.15, 0.2) is 34.8 Å². The number of aromatic hydroxyl groups is 2. The van der Waals surface area contributed by atoms with Gasteiger partial charge in [0.1, 0.15) is 22.7 Å². The highest BCUT2D eigenvalue weighted by molar-refractivity contribution is 9.10. The van der Waals surface area contributed by atoms with Gasteiger partial charge in [0, 0.05) is 22.3 Å². The van der Waals surface area contributed by atoms with E-state index < -0.39 is 11.6 Å². The second-order valence-electron chi connectivity index (χ2n) is 6.48. The van der Waals surface area contributed by atoms with Crippen LogP contribution in [-0.4, -0.2) is 21.8 Å². The minimum Gasteiger partial charge on any atom is -0.507 e. The monoisotopic (exact) mass is 427 g/mol. The van der Waals surface area contributed by atoms with Gasteiger partial charge < -0.3 is 20.3 Å². The highest BCUT2D eigenvalue weighted by Gasteiger charge is 2.21. The third-order valence-electron chi connectivity index (χ3n) is 3.21. The fourth-order valence-electron chi connectivity index (χ4n) is 2.09. The Morgan fingerprint density at radius 1 is 1.24 bits per heavy atom. The smallest absolute Gasteiger partial charge is 0.342 e. The molecular formula is C18H19BrClNO4. The summed E-state index contributed by atoms with van der Waals surface area (Å²) in [6, 6.07) is 7.88. The molecule has 5 nitrogen and oxygen atoms in total. The molecule has 0 amide bonds. The maximum absolute atomic E-state index is 12.2. The summed E-state index contributed by atoms with van der Waals surface area (Å²) in [5.41, 5.74) is 0.586. The number of ether oxygens (including phenoxy) is 1. The van der Waals surface area contributed by atoms with Gasteiger partial charge in [-0.1, -0.05) is 27.5 Å². The SMILES string of the molecule is CC(C)(C)OC(=O)c1cc(NCc2cc(Br)cc(Cl)c2O)ccc1O. The molecule has 0 aromatic heterocycles. The molecule has 2 aromatic rings. The first-order valence-corrected chi connectivity index (χ1v) is 8.71. The third kappa shape index (κ3) is 5.28.